The largest absolute Gasteiger partial charge is 0.369 e. The lowest BCUT2D eigenvalue weighted by atomic mass is 10.2. The number of benzene rings is 2. The Labute approximate surface area is 178 Å². The van der Waals surface area contributed by atoms with Crippen molar-refractivity contribution in [2.45, 2.75) is 13.1 Å². The summed E-state index contributed by atoms with van der Waals surface area (Å²) in [6, 6.07) is 17.4. The molecule has 0 fully saturated rings. The van der Waals surface area contributed by atoms with Gasteiger partial charge in [-0.2, -0.15) is 0 Å². The Morgan fingerprint density at radius 1 is 1.07 bits per heavy atom. The number of nitrogens with zero attached hydrogens (tertiary/aromatic N) is 6. The van der Waals surface area contributed by atoms with Gasteiger partial charge in [0.2, 0.25) is 0 Å². The van der Waals surface area contributed by atoms with Gasteiger partial charge in [-0.25, -0.2) is 14.7 Å². The zero-order valence-electron chi connectivity index (χ0n) is 16.7. The molecule has 0 aliphatic heterocycles. The fourth-order valence-electron chi connectivity index (χ4n) is 3.13. The Bertz CT molecular complexity index is 1260. The van der Waals surface area contributed by atoms with E-state index < -0.39 is 0 Å². The van der Waals surface area contributed by atoms with Crippen LogP contribution < -0.4 is 5.56 Å². The molecule has 0 aliphatic rings. The fraction of sp³-hybridized carbons (Fsp3) is 0.182. The van der Waals surface area contributed by atoms with Crippen molar-refractivity contribution >= 4 is 34.8 Å². The first kappa shape index (κ1) is 19.8. The second-order valence-electron chi connectivity index (χ2n) is 7.14. The molecule has 4 rings (SSSR count). The van der Waals surface area contributed by atoms with Crippen LogP contribution in [0.1, 0.15) is 11.1 Å². The molecular weight excluding hydrogens is 400 g/mol. The highest BCUT2D eigenvalue weighted by Gasteiger charge is 2.17. The summed E-state index contributed by atoms with van der Waals surface area (Å²) in [6.07, 6.45) is 3.16. The third-order valence-electron chi connectivity index (χ3n) is 4.59. The molecule has 2 aromatic carbocycles. The third-order valence-corrected chi connectivity index (χ3v) is 4.95. The van der Waals surface area contributed by atoms with Crippen LogP contribution in [-0.2, 0) is 13.1 Å². The maximum absolute atomic E-state index is 13.3. The SMILES string of the molecule is CN(C)/C=N/c1c2c(=O)n(Cc3ccccc3Cl)cnc2nn1Cc1ccccc1. The number of hydrogen-bond acceptors (Lipinski definition) is 4. The first-order chi connectivity index (χ1) is 14.5. The van der Waals surface area contributed by atoms with E-state index in [4.69, 9.17) is 11.6 Å². The predicted molar refractivity (Wildman–Crippen MR) is 120 cm³/mol. The molecule has 0 saturated heterocycles. The van der Waals surface area contributed by atoms with Crippen LogP contribution >= 0.6 is 11.6 Å². The smallest absolute Gasteiger partial charge is 0.267 e. The highest BCUT2D eigenvalue weighted by atomic mass is 35.5. The first-order valence-electron chi connectivity index (χ1n) is 9.47. The second-order valence-corrected chi connectivity index (χ2v) is 7.55. The fourth-order valence-corrected chi connectivity index (χ4v) is 3.33. The summed E-state index contributed by atoms with van der Waals surface area (Å²) in [5, 5.41) is 5.54. The van der Waals surface area contributed by atoms with Crippen molar-refractivity contribution in [3.63, 3.8) is 0 Å². The lowest BCUT2D eigenvalue weighted by molar-refractivity contribution is 0.639. The van der Waals surface area contributed by atoms with E-state index in [1.54, 1.807) is 17.1 Å². The van der Waals surface area contributed by atoms with Crippen LogP contribution in [0.15, 0.2) is 70.7 Å². The Morgan fingerprint density at radius 3 is 2.53 bits per heavy atom. The van der Waals surface area contributed by atoms with Crippen molar-refractivity contribution in [2.24, 2.45) is 4.99 Å². The summed E-state index contributed by atoms with van der Waals surface area (Å²) in [4.78, 5) is 24.1. The Balaban J connectivity index is 1.83. The lowest BCUT2D eigenvalue weighted by Crippen LogP contribution is -2.21. The van der Waals surface area contributed by atoms with Crippen LogP contribution in [0.3, 0.4) is 0 Å². The van der Waals surface area contributed by atoms with E-state index in [1.807, 2.05) is 67.5 Å². The van der Waals surface area contributed by atoms with Gasteiger partial charge in [0.05, 0.1) is 19.4 Å². The number of hydrogen-bond donors (Lipinski definition) is 0. The van der Waals surface area contributed by atoms with Crippen molar-refractivity contribution in [2.75, 3.05) is 14.1 Å². The molecule has 30 heavy (non-hydrogen) atoms. The van der Waals surface area contributed by atoms with Gasteiger partial charge in [0.15, 0.2) is 11.5 Å². The van der Waals surface area contributed by atoms with E-state index in [0.29, 0.717) is 35.0 Å². The van der Waals surface area contributed by atoms with Gasteiger partial charge in [-0.3, -0.25) is 9.36 Å². The highest BCUT2D eigenvalue weighted by molar-refractivity contribution is 6.31. The molecule has 0 unspecified atom stereocenters. The lowest BCUT2D eigenvalue weighted by Gasteiger charge is -2.08. The highest BCUT2D eigenvalue weighted by Crippen LogP contribution is 2.23. The Morgan fingerprint density at radius 2 is 1.80 bits per heavy atom. The third kappa shape index (κ3) is 4.11. The van der Waals surface area contributed by atoms with E-state index in [0.717, 1.165) is 11.1 Å². The molecule has 152 valence electrons. The van der Waals surface area contributed by atoms with Crippen molar-refractivity contribution in [3.05, 3.63) is 87.4 Å². The molecule has 7 nitrogen and oxygen atoms in total. The monoisotopic (exact) mass is 420 g/mol. The minimum absolute atomic E-state index is 0.204. The number of aromatic nitrogens is 4. The second kappa shape index (κ2) is 8.51. The number of aliphatic imine (C=N–C) groups is 1. The van der Waals surface area contributed by atoms with E-state index in [1.165, 1.54) is 10.9 Å². The summed E-state index contributed by atoms with van der Waals surface area (Å²) in [5.41, 5.74) is 2.07. The van der Waals surface area contributed by atoms with Crippen LogP contribution in [0.25, 0.3) is 11.0 Å². The number of rotatable bonds is 6. The van der Waals surface area contributed by atoms with Gasteiger partial charge in [-0.15, -0.1) is 5.10 Å². The summed E-state index contributed by atoms with van der Waals surface area (Å²) >= 11 is 6.27. The number of halogens is 1. The normalized spacial score (nSPS) is 11.4. The molecule has 0 N–H and O–H groups in total. The molecule has 8 heteroatoms. The summed E-state index contributed by atoms with van der Waals surface area (Å²) in [6.45, 7) is 0.809. The molecule has 0 radical (unpaired) electrons. The van der Waals surface area contributed by atoms with Crippen molar-refractivity contribution < 1.29 is 0 Å². The standard InChI is InChI=1S/C22H21ClN6O/c1-27(2)14-25-21-19-20(26-29(21)12-16-8-4-3-5-9-16)24-15-28(22(19)30)13-17-10-6-7-11-18(17)23/h3-11,14-15H,12-13H2,1-2H3/b25-14+. The Kier molecular flexibility index (Phi) is 5.63. The van der Waals surface area contributed by atoms with E-state index in [9.17, 15) is 4.79 Å². The molecule has 4 aromatic rings. The maximum Gasteiger partial charge on any atom is 0.267 e. The van der Waals surface area contributed by atoms with Gasteiger partial charge in [0, 0.05) is 19.1 Å². The van der Waals surface area contributed by atoms with E-state index >= 15 is 0 Å². The van der Waals surface area contributed by atoms with Gasteiger partial charge in [-0.05, 0) is 17.2 Å². The predicted octanol–water partition coefficient (Wildman–Crippen LogP) is 3.56. The van der Waals surface area contributed by atoms with Crippen molar-refractivity contribution in [1.29, 1.82) is 0 Å². The number of fused-ring (bicyclic) bond motifs is 1. The minimum Gasteiger partial charge on any atom is -0.369 e. The average Bonchev–Trinajstić information content (AvgIpc) is 3.08. The molecule has 0 saturated carbocycles. The quantitative estimate of drug-likeness (QED) is 0.353. The zero-order chi connectivity index (χ0) is 21.1. The molecule has 2 heterocycles. The topological polar surface area (TPSA) is 68.3 Å². The van der Waals surface area contributed by atoms with Crippen LogP contribution in [-0.4, -0.2) is 44.7 Å². The Hall–Kier alpha value is -3.45. The van der Waals surface area contributed by atoms with Gasteiger partial charge in [-0.1, -0.05) is 60.1 Å². The summed E-state index contributed by atoms with van der Waals surface area (Å²) in [7, 11) is 3.75. The molecule has 2 aromatic heterocycles. The van der Waals surface area contributed by atoms with Gasteiger partial charge in [0.1, 0.15) is 11.7 Å². The molecular formula is C22H21ClN6O. The van der Waals surface area contributed by atoms with Crippen LogP contribution in [0.4, 0.5) is 5.82 Å². The van der Waals surface area contributed by atoms with Gasteiger partial charge >= 0.3 is 0 Å². The molecule has 0 amide bonds. The van der Waals surface area contributed by atoms with E-state index in [-0.39, 0.29) is 5.56 Å². The van der Waals surface area contributed by atoms with Crippen molar-refractivity contribution in [1.82, 2.24) is 24.2 Å². The molecule has 0 bridgehead atoms. The zero-order valence-corrected chi connectivity index (χ0v) is 17.5. The van der Waals surface area contributed by atoms with Gasteiger partial charge < -0.3 is 4.90 Å². The summed E-state index contributed by atoms with van der Waals surface area (Å²) in [5.74, 6) is 0.480. The van der Waals surface area contributed by atoms with Gasteiger partial charge in [0.25, 0.3) is 5.56 Å². The van der Waals surface area contributed by atoms with Crippen LogP contribution in [0.5, 0.6) is 0 Å². The molecule has 0 atom stereocenters. The first-order valence-corrected chi connectivity index (χ1v) is 9.84. The van der Waals surface area contributed by atoms with Crippen LogP contribution in [0.2, 0.25) is 5.02 Å². The summed E-state index contributed by atoms with van der Waals surface area (Å²) < 4.78 is 3.25. The van der Waals surface area contributed by atoms with E-state index in [2.05, 4.69) is 15.1 Å². The average molecular weight is 421 g/mol. The molecule has 0 aliphatic carbocycles. The van der Waals surface area contributed by atoms with Crippen molar-refractivity contribution in [3.8, 4) is 0 Å². The maximum atomic E-state index is 13.3. The molecule has 0 spiro atoms. The minimum atomic E-state index is -0.204. The van der Waals surface area contributed by atoms with Crippen LogP contribution in [0, 0.1) is 0 Å².